The summed E-state index contributed by atoms with van der Waals surface area (Å²) in [5.41, 5.74) is 22.8. The molecule has 0 aliphatic carbocycles. The number of nitrogens with one attached hydrogen (secondary N) is 15. The molecule has 4 aromatic rings. The van der Waals surface area contributed by atoms with Crippen molar-refractivity contribution in [2.45, 2.75) is 177 Å². The van der Waals surface area contributed by atoms with E-state index in [1.165, 1.54) is 31.2 Å². The number of aliphatic carboxylic acids is 1. The van der Waals surface area contributed by atoms with Gasteiger partial charge in [-0.05, 0) is 56.6 Å². The number of H-pyrrole nitrogens is 3. The molecule has 3 aromatic heterocycles. The van der Waals surface area contributed by atoms with Crippen LogP contribution in [-0.2, 0) is 101 Å². The van der Waals surface area contributed by atoms with Crippen molar-refractivity contribution in [2.75, 3.05) is 18.1 Å². The number of aliphatic hydroxyl groups excluding tert-OH is 1. The van der Waals surface area contributed by atoms with Crippen molar-refractivity contribution in [3.63, 3.8) is 0 Å². The monoisotopic (exact) mass is 1510 g/mol. The SMILES string of the molecule is CC(=O)N[C@@H](CS)C(=O)N[C@@H](CCC(N)=O)C(=O)N[C@H](C(=O)N[C@@H](Cc1c[nH]c2ccccc12)C(=O)N[C@@H](CCC(N)=O)C(=O)N[C@@H](CS)C(=O)N[C@@H](Cc1cnc[nH]1)C(=O)N[C@@H](Cc1cnc[nH]1)C(=O)N[C@@H](CCC(C)C)C(=O)N[C@@H](CCC(=O)O)C(=O)N[C@@H](CC(N)=O)C(=O)NCC(N)=O)[C@@H](C)O. The fourth-order valence-electron chi connectivity index (χ4n) is 10.2. The van der Waals surface area contributed by atoms with Gasteiger partial charge in [0.25, 0.3) is 0 Å². The van der Waals surface area contributed by atoms with Crippen LogP contribution in [0.4, 0.5) is 0 Å². The number of carbonyl (C=O) groups is 17. The summed E-state index contributed by atoms with van der Waals surface area (Å²) in [6, 6.07) is -11.4. The number of hydrogen-bond acceptors (Lipinski definition) is 22. The van der Waals surface area contributed by atoms with Crippen LogP contribution < -0.4 is 86.7 Å². The Labute approximate surface area is 611 Å². The van der Waals surface area contributed by atoms with Crippen LogP contribution in [0.15, 0.2) is 55.5 Å². The van der Waals surface area contributed by atoms with E-state index in [1.54, 1.807) is 38.1 Å². The van der Waals surface area contributed by atoms with E-state index in [0.717, 1.165) is 13.8 Å². The molecular weight excluding hydrogens is 1420 g/mol. The molecule has 0 bridgehead atoms. The van der Waals surface area contributed by atoms with E-state index in [0.29, 0.717) is 16.5 Å². The summed E-state index contributed by atoms with van der Waals surface area (Å²) < 4.78 is 0. The summed E-state index contributed by atoms with van der Waals surface area (Å²) >= 11 is 8.38. The van der Waals surface area contributed by atoms with Crippen LogP contribution in [0.2, 0.25) is 0 Å². The van der Waals surface area contributed by atoms with E-state index in [9.17, 15) is 91.7 Å². The predicted molar refractivity (Wildman–Crippen MR) is 377 cm³/mol. The van der Waals surface area contributed by atoms with Crippen molar-refractivity contribution in [3.8, 4) is 0 Å². The largest absolute Gasteiger partial charge is 0.481 e. The third-order valence-corrected chi connectivity index (χ3v) is 16.5. The summed E-state index contributed by atoms with van der Waals surface area (Å²) in [6.45, 7) is 5.12. The molecule has 1 aromatic carbocycles. The Kier molecular flexibility index (Phi) is 35.4. The number of nitrogens with two attached hydrogens (primary N) is 4. The van der Waals surface area contributed by atoms with Gasteiger partial charge in [-0.15, -0.1) is 0 Å². The van der Waals surface area contributed by atoms with Crippen LogP contribution in [0.3, 0.4) is 0 Å². The molecule has 0 saturated heterocycles. The van der Waals surface area contributed by atoms with E-state index in [2.05, 4.69) is 114 Å². The Morgan fingerprint density at radius 2 is 0.848 bits per heavy atom. The number of fused-ring (bicyclic) bond motifs is 1. The first-order chi connectivity index (χ1) is 49.6. The van der Waals surface area contributed by atoms with Crippen LogP contribution in [-0.4, -0.2) is 226 Å². The van der Waals surface area contributed by atoms with Gasteiger partial charge in [-0.2, -0.15) is 25.3 Å². The maximum absolute atomic E-state index is 14.8. The zero-order valence-electron chi connectivity index (χ0n) is 57.7. The second kappa shape index (κ2) is 43.1. The van der Waals surface area contributed by atoms with Crippen molar-refractivity contribution in [1.29, 1.82) is 0 Å². The summed E-state index contributed by atoms with van der Waals surface area (Å²) in [6.07, 6.45) is -0.142. The fourth-order valence-corrected chi connectivity index (χ4v) is 10.8. The number of benzene rings is 1. The van der Waals surface area contributed by atoms with Gasteiger partial charge in [0.05, 0.1) is 31.7 Å². The average molecular weight is 1510 g/mol. The second-order valence-corrected chi connectivity index (χ2v) is 25.5. The number of nitrogens with zero attached hydrogens (tertiary/aromatic N) is 2. The first kappa shape index (κ1) is 86.2. The number of aliphatic hydroxyl groups is 1. The Morgan fingerprint density at radius 1 is 0.448 bits per heavy atom. The molecule has 42 heteroatoms. The number of amides is 16. The zero-order chi connectivity index (χ0) is 78.2. The summed E-state index contributed by atoms with van der Waals surface area (Å²) in [7, 11) is 0. The molecule has 0 aliphatic rings. The second-order valence-electron chi connectivity index (χ2n) is 24.8. The number of imidazole rings is 2. The highest BCUT2D eigenvalue weighted by atomic mass is 32.1. The normalized spacial score (nSPS) is 14.5. The molecule has 16 amide bonds. The van der Waals surface area contributed by atoms with Gasteiger partial charge < -0.3 is 112 Å². The zero-order valence-corrected chi connectivity index (χ0v) is 59.5. The lowest BCUT2D eigenvalue weighted by Crippen LogP contribution is -2.62. The van der Waals surface area contributed by atoms with E-state index < -0.39 is 230 Å². The lowest BCUT2D eigenvalue weighted by Gasteiger charge is -2.28. The van der Waals surface area contributed by atoms with Crippen molar-refractivity contribution in [1.82, 2.24) is 88.7 Å². The van der Waals surface area contributed by atoms with Crippen LogP contribution >= 0.6 is 25.3 Å². The quantitative estimate of drug-likeness (QED) is 0.0183. The smallest absolute Gasteiger partial charge is 0.303 e. The van der Waals surface area contributed by atoms with Gasteiger partial charge in [0.15, 0.2) is 0 Å². The van der Waals surface area contributed by atoms with Crippen molar-refractivity contribution >= 4 is 137 Å². The molecule has 25 N–H and O–H groups in total. The minimum Gasteiger partial charge on any atom is -0.481 e. The molecule has 0 unspecified atom stereocenters. The number of hydrogen-bond donors (Lipinski definition) is 23. The highest BCUT2D eigenvalue weighted by Crippen LogP contribution is 2.20. The molecule has 0 fully saturated rings. The molecule has 3 heterocycles. The van der Waals surface area contributed by atoms with E-state index in [4.69, 9.17) is 22.9 Å². The topological polar surface area (TPSA) is 652 Å². The first-order valence-electron chi connectivity index (χ1n) is 32.9. The van der Waals surface area contributed by atoms with E-state index >= 15 is 0 Å². The van der Waals surface area contributed by atoms with Gasteiger partial charge >= 0.3 is 5.97 Å². The number of primary amides is 4. The van der Waals surface area contributed by atoms with E-state index in [-0.39, 0.29) is 55.2 Å². The minimum atomic E-state index is -1.91. The summed E-state index contributed by atoms with van der Waals surface area (Å²) in [5.74, 6) is -18.7. The van der Waals surface area contributed by atoms with Crippen molar-refractivity contribution < 1.29 is 91.7 Å². The lowest BCUT2D eigenvalue weighted by molar-refractivity contribution is -0.139. The number of para-hydroxylation sites is 1. The number of aromatic amines is 3. The maximum Gasteiger partial charge on any atom is 0.303 e. The number of carboxylic acids is 1. The number of carbonyl (C=O) groups excluding carboxylic acids is 16. The third-order valence-electron chi connectivity index (χ3n) is 15.8. The Hall–Kier alpha value is -11.2. The van der Waals surface area contributed by atoms with Crippen LogP contribution in [0.25, 0.3) is 10.9 Å². The minimum absolute atomic E-state index is 0.117. The Bertz CT molecular complexity index is 3720. The van der Waals surface area contributed by atoms with E-state index in [1.807, 2.05) is 0 Å². The third kappa shape index (κ3) is 30.0. The predicted octanol–water partition coefficient (Wildman–Crippen LogP) is -7.46. The van der Waals surface area contributed by atoms with Crippen molar-refractivity contribution in [2.24, 2.45) is 28.9 Å². The molecule has 40 nitrogen and oxygen atoms in total. The number of carboxylic acid groups (broad SMARTS) is 1. The van der Waals surface area contributed by atoms with Gasteiger partial charge in [0.2, 0.25) is 94.5 Å². The Balaban J connectivity index is 1.66. The fraction of sp³-hybridized carbons (Fsp3) is 0.508. The summed E-state index contributed by atoms with van der Waals surface area (Å²) in [4.78, 5) is 243. The van der Waals surface area contributed by atoms with Gasteiger partial charge in [0, 0.05) is 97.8 Å². The first-order valence-corrected chi connectivity index (χ1v) is 34.2. The molecule has 0 aliphatic heterocycles. The number of thiol groups is 2. The van der Waals surface area contributed by atoms with Crippen molar-refractivity contribution in [3.05, 3.63) is 72.5 Å². The molecule has 0 radical (unpaired) electrons. The molecule has 574 valence electrons. The Morgan fingerprint density at radius 3 is 1.27 bits per heavy atom. The highest BCUT2D eigenvalue weighted by Gasteiger charge is 2.38. The van der Waals surface area contributed by atoms with Gasteiger partial charge in [0.1, 0.15) is 66.5 Å². The molecule has 0 saturated carbocycles. The van der Waals surface area contributed by atoms with Crippen LogP contribution in [0.5, 0.6) is 0 Å². The number of rotatable bonds is 47. The lowest BCUT2D eigenvalue weighted by atomic mass is 10.0. The average Bonchev–Trinajstić information content (AvgIpc) is 1.71. The molecule has 4 rings (SSSR count). The maximum atomic E-state index is 14.8. The molecule has 0 spiro atoms. The van der Waals surface area contributed by atoms with Gasteiger partial charge in [-0.3, -0.25) is 81.5 Å². The molecular formula is C63H91N21O19S2. The number of aromatic nitrogens is 5. The summed E-state index contributed by atoms with van der Waals surface area (Å²) in [5, 5.41) is 50.1. The standard InChI is InChI=1S/C63H91N21O19S2/c1-29(2)9-10-37(54(94)75-40(13-16-51(91)92)55(95)81-44(20-49(66)89)53(93)71-24-50(67)90)76-59(99)42(18-33-22-68-27-72-33)79-60(100)43(19-34-23-69-28-73-34)80-62(102)46(26-105)83-56(96)38(11-14-47(64)87)77-58(98)41(17-32-21-70-36-8-6-5-7-35(32)36)82-63(103)52(30(3)85)84-57(97)39(12-15-48(65)88)78-61(101)45(25-104)74-31(4)86/h5-8,21-23,27-30,37-46,52,70,85,104-105H,9-20,24-26H2,1-4H3,(H2,64,87)(H2,65,88)(H2,66,89)(H2,67,90)(H,68,72)(H,69,73)(H,71,93)(H,74,86)(H,75,94)(H,76,99)(H,77,98)(H,78,101)(H,79,100)(H,80,102)(H,81,95)(H,82,103)(H,83,96)(H,84,97)(H,91,92)/t30-,37+,38+,39+,40+,41+,42+,43+,44+,45+,46+,52+/m1/s1. The van der Waals surface area contributed by atoms with Crippen LogP contribution in [0, 0.1) is 5.92 Å². The molecule has 12 atom stereocenters. The molecule has 105 heavy (non-hydrogen) atoms. The van der Waals surface area contributed by atoms with Gasteiger partial charge in [-0.25, -0.2) is 9.97 Å². The van der Waals surface area contributed by atoms with Gasteiger partial charge in [-0.1, -0.05) is 32.0 Å². The van der Waals surface area contributed by atoms with Crippen LogP contribution in [0.1, 0.15) is 102 Å². The highest BCUT2D eigenvalue weighted by molar-refractivity contribution is 7.80.